The third-order valence-corrected chi connectivity index (χ3v) is 7.46. The first-order valence-electron chi connectivity index (χ1n) is 15.8. The molecule has 1 fully saturated rings. The highest BCUT2D eigenvalue weighted by molar-refractivity contribution is 5.99. The summed E-state index contributed by atoms with van der Waals surface area (Å²) in [5, 5.41) is 2.49. The Morgan fingerprint density at radius 1 is 1.04 bits per heavy atom. The fourth-order valence-electron chi connectivity index (χ4n) is 5.39. The highest BCUT2D eigenvalue weighted by atomic mass is 16.6. The first-order chi connectivity index (χ1) is 22.1. The van der Waals surface area contributed by atoms with Gasteiger partial charge in [0, 0.05) is 18.7 Å². The van der Waals surface area contributed by atoms with E-state index in [9.17, 15) is 24.0 Å². The van der Waals surface area contributed by atoms with Crippen LogP contribution in [0.1, 0.15) is 77.4 Å². The molecule has 2 aromatic rings. The van der Waals surface area contributed by atoms with Crippen LogP contribution < -0.4 is 14.8 Å². The summed E-state index contributed by atoms with van der Waals surface area (Å²) in [6.07, 6.45) is 0.0497. The Hall–Kier alpha value is -4.48. The van der Waals surface area contributed by atoms with E-state index in [-0.39, 0.29) is 41.4 Å². The number of carbonyl (C=O) groups excluding carboxylic acids is 5. The van der Waals surface area contributed by atoms with Crippen molar-refractivity contribution in [1.29, 1.82) is 0 Å². The molecule has 3 unspecified atom stereocenters. The van der Waals surface area contributed by atoms with Crippen LogP contribution in [0.2, 0.25) is 0 Å². The van der Waals surface area contributed by atoms with Gasteiger partial charge in [-0.3, -0.25) is 19.2 Å². The molecule has 1 amide bonds. The number of hydrogen-bond acceptors (Lipinski definition) is 11. The number of carbonyl (C=O) groups is 5. The molecule has 256 valence electrons. The molecule has 0 bridgehead atoms. The maximum absolute atomic E-state index is 13.5. The van der Waals surface area contributed by atoms with E-state index in [2.05, 4.69) is 31.1 Å². The molecule has 47 heavy (non-hydrogen) atoms. The summed E-state index contributed by atoms with van der Waals surface area (Å²) in [5.41, 5.74) is 0.459. The summed E-state index contributed by atoms with van der Waals surface area (Å²) in [4.78, 5) is 70.0. The van der Waals surface area contributed by atoms with E-state index in [0.29, 0.717) is 0 Å². The molecule has 1 aromatic carbocycles. The topological polar surface area (TPSA) is 156 Å². The Morgan fingerprint density at radius 2 is 1.72 bits per heavy atom. The number of rotatable bonds is 11. The number of cyclic esters (lactones) is 2. The van der Waals surface area contributed by atoms with Gasteiger partial charge in [-0.25, -0.2) is 9.78 Å². The number of pyridine rings is 1. The van der Waals surface area contributed by atoms with Crippen molar-refractivity contribution in [2.75, 3.05) is 13.7 Å². The van der Waals surface area contributed by atoms with E-state index >= 15 is 0 Å². The summed E-state index contributed by atoms with van der Waals surface area (Å²) in [6.45, 7) is 12.4. The molecule has 0 aliphatic carbocycles. The molecule has 3 rings (SSSR count). The van der Waals surface area contributed by atoms with E-state index < -0.39 is 66.5 Å². The number of aromatic nitrogens is 1. The highest BCUT2D eigenvalue weighted by Gasteiger charge is 2.42. The lowest BCUT2D eigenvalue weighted by atomic mass is 9.84. The Kier molecular flexibility index (Phi) is 12.9. The number of methoxy groups -OCH3 is 1. The second-order valence-corrected chi connectivity index (χ2v) is 13.4. The summed E-state index contributed by atoms with van der Waals surface area (Å²) in [7, 11) is 1.35. The maximum atomic E-state index is 13.5. The zero-order valence-electron chi connectivity index (χ0n) is 28.4. The van der Waals surface area contributed by atoms with E-state index in [4.69, 9.17) is 23.7 Å². The Labute approximate surface area is 275 Å². The first-order valence-corrected chi connectivity index (χ1v) is 15.8. The van der Waals surface area contributed by atoms with Gasteiger partial charge in [0.05, 0.1) is 13.0 Å². The lowest BCUT2D eigenvalue weighted by molar-refractivity contribution is -0.176. The standard InChI is InChI=1S/C35H46N2O10/c1-20(2)32(40)47-29-22(4)45-34(42)25(19-44-33(41)24(29)17-23-12-10-9-11-13-23)37-31(39)28-30(26(43-8)14-15-36-28)46-27(38)16-21(3)18-35(5,6)7/h9-15,20-22,24-25,29H,16-19H2,1-8H3,(H,37,39)/t21?,22-,24+,25?,29?/m0/s1. The van der Waals surface area contributed by atoms with Crippen LogP contribution in [0.4, 0.5) is 0 Å². The van der Waals surface area contributed by atoms with Gasteiger partial charge in [-0.05, 0) is 36.7 Å². The van der Waals surface area contributed by atoms with Gasteiger partial charge < -0.3 is 29.0 Å². The zero-order valence-corrected chi connectivity index (χ0v) is 28.4. The minimum Gasteiger partial charge on any atom is -0.493 e. The minimum atomic E-state index is -1.46. The molecule has 1 aliphatic heterocycles. The van der Waals surface area contributed by atoms with Gasteiger partial charge in [-0.1, -0.05) is 71.9 Å². The SMILES string of the molecule is COc1ccnc(C(=O)NC2COC(=O)[C@H](Cc3ccccc3)C(OC(=O)C(C)C)[C@H](C)OC2=O)c1OC(=O)CC(C)CC(C)(C)C. The molecule has 1 aromatic heterocycles. The number of amides is 1. The van der Waals surface area contributed by atoms with Gasteiger partial charge in [0.2, 0.25) is 5.75 Å². The van der Waals surface area contributed by atoms with E-state index in [1.807, 2.05) is 37.3 Å². The van der Waals surface area contributed by atoms with Crippen molar-refractivity contribution < 1.29 is 47.7 Å². The van der Waals surface area contributed by atoms with E-state index in [0.717, 1.165) is 12.0 Å². The van der Waals surface area contributed by atoms with Crippen molar-refractivity contribution in [2.24, 2.45) is 23.2 Å². The lowest BCUT2D eigenvalue weighted by Crippen LogP contribution is -2.47. The Morgan fingerprint density at radius 3 is 2.34 bits per heavy atom. The van der Waals surface area contributed by atoms with Gasteiger partial charge in [-0.15, -0.1) is 0 Å². The summed E-state index contributed by atoms with van der Waals surface area (Å²) >= 11 is 0. The number of hydrogen-bond donors (Lipinski definition) is 1. The Bertz CT molecular complexity index is 1420. The molecule has 2 heterocycles. The highest BCUT2D eigenvalue weighted by Crippen LogP contribution is 2.32. The van der Waals surface area contributed by atoms with Gasteiger partial charge in [0.15, 0.2) is 23.6 Å². The molecular weight excluding hydrogens is 608 g/mol. The van der Waals surface area contributed by atoms with Crippen molar-refractivity contribution in [1.82, 2.24) is 10.3 Å². The third-order valence-electron chi connectivity index (χ3n) is 7.46. The molecule has 12 heteroatoms. The quantitative estimate of drug-likeness (QED) is 0.269. The second-order valence-electron chi connectivity index (χ2n) is 13.4. The summed E-state index contributed by atoms with van der Waals surface area (Å²) in [5.74, 6) is -5.38. The van der Waals surface area contributed by atoms with Crippen molar-refractivity contribution in [3.05, 3.63) is 53.9 Å². The van der Waals surface area contributed by atoms with Crippen LogP contribution in [0.5, 0.6) is 11.5 Å². The largest absolute Gasteiger partial charge is 0.493 e. The number of nitrogens with one attached hydrogen (secondary N) is 1. The zero-order chi connectivity index (χ0) is 34.9. The van der Waals surface area contributed by atoms with Crippen LogP contribution in [0, 0.1) is 23.2 Å². The van der Waals surface area contributed by atoms with Crippen LogP contribution >= 0.6 is 0 Å². The van der Waals surface area contributed by atoms with Crippen LogP contribution in [-0.2, 0) is 39.8 Å². The first kappa shape index (κ1) is 37.0. The number of nitrogens with zero attached hydrogens (tertiary/aromatic N) is 1. The van der Waals surface area contributed by atoms with Gasteiger partial charge in [0.1, 0.15) is 18.6 Å². The average molecular weight is 655 g/mol. The minimum absolute atomic E-state index is 0.000424. The molecule has 5 atom stereocenters. The average Bonchev–Trinajstić information content (AvgIpc) is 3.02. The van der Waals surface area contributed by atoms with Gasteiger partial charge >= 0.3 is 23.9 Å². The van der Waals surface area contributed by atoms with Crippen LogP contribution in [0.25, 0.3) is 0 Å². The third kappa shape index (κ3) is 10.8. The predicted molar refractivity (Wildman–Crippen MR) is 170 cm³/mol. The molecule has 0 spiro atoms. The monoisotopic (exact) mass is 654 g/mol. The predicted octanol–water partition coefficient (Wildman–Crippen LogP) is 4.47. The molecule has 1 aliphatic rings. The molecule has 1 saturated heterocycles. The molecular formula is C35H46N2O10. The van der Waals surface area contributed by atoms with Crippen LogP contribution in [0.15, 0.2) is 42.6 Å². The van der Waals surface area contributed by atoms with Crippen molar-refractivity contribution in [3.8, 4) is 11.5 Å². The lowest BCUT2D eigenvalue weighted by Gasteiger charge is -2.29. The van der Waals surface area contributed by atoms with Crippen molar-refractivity contribution in [3.63, 3.8) is 0 Å². The van der Waals surface area contributed by atoms with Crippen LogP contribution in [-0.4, -0.2) is 66.7 Å². The Balaban J connectivity index is 1.85. The number of benzene rings is 1. The molecule has 1 N–H and O–H groups in total. The van der Waals surface area contributed by atoms with E-state index in [1.165, 1.54) is 26.3 Å². The fourth-order valence-corrected chi connectivity index (χ4v) is 5.39. The summed E-state index contributed by atoms with van der Waals surface area (Å²) in [6, 6.07) is 9.05. The summed E-state index contributed by atoms with van der Waals surface area (Å²) < 4.78 is 27.8. The normalized spacial score (nSPS) is 20.9. The smallest absolute Gasteiger partial charge is 0.332 e. The van der Waals surface area contributed by atoms with Gasteiger partial charge in [0.25, 0.3) is 5.91 Å². The number of esters is 4. The molecule has 0 radical (unpaired) electrons. The fraction of sp³-hybridized carbons (Fsp3) is 0.543. The van der Waals surface area contributed by atoms with E-state index in [1.54, 1.807) is 13.8 Å². The maximum Gasteiger partial charge on any atom is 0.332 e. The van der Waals surface area contributed by atoms with Crippen molar-refractivity contribution in [2.45, 2.75) is 86.0 Å². The second kappa shape index (κ2) is 16.4. The molecule has 0 saturated carbocycles. The molecule has 12 nitrogen and oxygen atoms in total. The van der Waals surface area contributed by atoms with Crippen LogP contribution in [0.3, 0.4) is 0 Å². The van der Waals surface area contributed by atoms with Gasteiger partial charge in [-0.2, -0.15) is 0 Å². The van der Waals surface area contributed by atoms with Crippen molar-refractivity contribution >= 4 is 29.8 Å². The number of ether oxygens (including phenoxy) is 5.